The third kappa shape index (κ3) is 6.10. The van der Waals surface area contributed by atoms with E-state index in [1.165, 1.54) is 16.9 Å². The van der Waals surface area contributed by atoms with Gasteiger partial charge in [0.2, 0.25) is 0 Å². The van der Waals surface area contributed by atoms with Crippen molar-refractivity contribution >= 4 is 28.3 Å². The van der Waals surface area contributed by atoms with Crippen molar-refractivity contribution in [1.82, 2.24) is 24.3 Å². The summed E-state index contributed by atoms with van der Waals surface area (Å²) in [5, 5.41) is 14.6. The lowest BCUT2D eigenvalue weighted by Gasteiger charge is -2.31. The summed E-state index contributed by atoms with van der Waals surface area (Å²) in [6.07, 6.45) is 8.10. The van der Waals surface area contributed by atoms with E-state index in [4.69, 9.17) is 0 Å². The number of nitrogens with zero attached hydrogens (tertiary/aromatic N) is 5. The van der Waals surface area contributed by atoms with Crippen molar-refractivity contribution in [2.24, 2.45) is 5.92 Å². The molecule has 1 fully saturated rings. The van der Waals surface area contributed by atoms with Crippen LogP contribution in [0.3, 0.4) is 0 Å². The zero-order chi connectivity index (χ0) is 31.6. The molecule has 1 saturated heterocycles. The Labute approximate surface area is 273 Å². The molecule has 0 saturated carbocycles. The average Bonchev–Trinajstić information content (AvgIpc) is 3.89. The first-order valence-corrected chi connectivity index (χ1v) is 17.0. The number of rotatable bonds is 8. The Morgan fingerprint density at radius 3 is 2.65 bits per heavy atom. The van der Waals surface area contributed by atoms with Crippen molar-refractivity contribution in [3.05, 3.63) is 99.1 Å². The maximum atomic E-state index is 14.1. The lowest BCUT2D eigenvalue weighted by molar-refractivity contribution is -0.121. The largest absolute Gasteiger partial charge is 0.396 e. The molecule has 9 nitrogen and oxygen atoms in total. The van der Waals surface area contributed by atoms with Crippen LogP contribution in [0.5, 0.6) is 0 Å². The summed E-state index contributed by atoms with van der Waals surface area (Å²) in [4.78, 5) is 40.9. The predicted molar refractivity (Wildman–Crippen MR) is 177 cm³/mol. The van der Waals surface area contributed by atoms with E-state index in [0.717, 1.165) is 86.2 Å². The summed E-state index contributed by atoms with van der Waals surface area (Å²) in [5.41, 5.74) is 7.23. The maximum Gasteiger partial charge on any atom is 0.255 e. The number of benzene rings is 2. The Balaban J connectivity index is 1.11. The number of aliphatic hydroxyl groups is 1. The number of aryl methyl sites for hydroxylation is 2. The van der Waals surface area contributed by atoms with E-state index < -0.39 is 6.04 Å². The molecular formula is C36H38N6O3S. The maximum absolute atomic E-state index is 14.1. The molecule has 0 radical (unpaired) electrons. The van der Waals surface area contributed by atoms with Crippen molar-refractivity contribution < 1.29 is 14.7 Å². The third-order valence-electron chi connectivity index (χ3n) is 9.49. The predicted octanol–water partition coefficient (Wildman–Crippen LogP) is 4.79. The number of thiazole rings is 1. The van der Waals surface area contributed by atoms with Gasteiger partial charge in [0, 0.05) is 60.2 Å². The molecule has 0 bridgehead atoms. The van der Waals surface area contributed by atoms with Crippen molar-refractivity contribution in [1.29, 1.82) is 0 Å². The van der Waals surface area contributed by atoms with Crippen LogP contribution in [-0.2, 0) is 37.3 Å². The Morgan fingerprint density at radius 1 is 1.11 bits per heavy atom. The summed E-state index contributed by atoms with van der Waals surface area (Å²) in [5.74, 6) is 6.54. The first kappa shape index (κ1) is 30.4. The van der Waals surface area contributed by atoms with E-state index in [0.29, 0.717) is 28.9 Å². The fourth-order valence-electron chi connectivity index (χ4n) is 6.93. The van der Waals surface area contributed by atoms with Crippen LogP contribution in [0.4, 0.5) is 5.13 Å². The van der Waals surface area contributed by atoms with Crippen LogP contribution in [0.25, 0.3) is 0 Å². The smallest absolute Gasteiger partial charge is 0.255 e. The summed E-state index contributed by atoms with van der Waals surface area (Å²) in [7, 11) is 0. The number of nitrogens with one attached hydrogen (secondary N) is 1. The number of imidazole rings is 1. The van der Waals surface area contributed by atoms with E-state index in [-0.39, 0.29) is 18.4 Å². The van der Waals surface area contributed by atoms with Gasteiger partial charge in [-0.25, -0.2) is 9.97 Å². The van der Waals surface area contributed by atoms with E-state index in [2.05, 4.69) is 73.8 Å². The van der Waals surface area contributed by atoms with Gasteiger partial charge in [-0.2, -0.15) is 0 Å². The van der Waals surface area contributed by atoms with Gasteiger partial charge < -0.3 is 14.6 Å². The normalized spacial score (nSPS) is 17.0. The van der Waals surface area contributed by atoms with Crippen LogP contribution in [0.1, 0.15) is 81.8 Å². The Morgan fingerprint density at radius 2 is 1.91 bits per heavy atom. The summed E-state index contributed by atoms with van der Waals surface area (Å²) < 4.78 is 2.09. The molecule has 0 aliphatic carbocycles. The van der Waals surface area contributed by atoms with E-state index in [1.54, 1.807) is 17.4 Å². The quantitative estimate of drug-likeness (QED) is 0.270. The number of aromatic nitrogens is 3. The molecule has 4 aromatic rings. The fourth-order valence-corrected chi connectivity index (χ4v) is 7.46. The lowest BCUT2D eigenvalue weighted by Crippen LogP contribution is -2.38. The number of likely N-dealkylation sites (tertiary alicyclic amines) is 1. The molecule has 3 aliphatic heterocycles. The number of carbonyl (C=O) groups excluding carboxylic acids is 2. The van der Waals surface area contributed by atoms with Crippen LogP contribution in [-0.4, -0.2) is 61.0 Å². The Hall–Kier alpha value is -4.30. The molecule has 1 atom stereocenters. The molecule has 0 spiro atoms. The Bertz CT molecular complexity index is 1800. The monoisotopic (exact) mass is 634 g/mol. The van der Waals surface area contributed by atoms with Gasteiger partial charge in [0.25, 0.3) is 11.8 Å². The van der Waals surface area contributed by atoms with Gasteiger partial charge in [0.05, 0.1) is 12.0 Å². The highest BCUT2D eigenvalue weighted by molar-refractivity contribution is 7.13. The van der Waals surface area contributed by atoms with Gasteiger partial charge >= 0.3 is 0 Å². The van der Waals surface area contributed by atoms with Crippen LogP contribution in [0.2, 0.25) is 0 Å². The average molecular weight is 635 g/mol. The molecule has 5 heterocycles. The van der Waals surface area contributed by atoms with Crippen LogP contribution in [0, 0.1) is 17.8 Å². The molecule has 7 rings (SSSR count). The minimum absolute atomic E-state index is 0.181. The highest BCUT2D eigenvalue weighted by Gasteiger charge is 2.41. The first-order valence-electron chi connectivity index (χ1n) is 16.2. The molecule has 2 amide bonds. The molecule has 1 unspecified atom stereocenters. The van der Waals surface area contributed by atoms with E-state index in [1.807, 2.05) is 11.4 Å². The third-order valence-corrected chi connectivity index (χ3v) is 10.2. The molecule has 2 N–H and O–H groups in total. The molecule has 46 heavy (non-hydrogen) atoms. The second kappa shape index (κ2) is 13.2. The number of hydrogen-bond donors (Lipinski definition) is 2. The van der Waals surface area contributed by atoms with Gasteiger partial charge in [-0.05, 0) is 92.1 Å². The molecular weight excluding hydrogens is 597 g/mol. The summed E-state index contributed by atoms with van der Waals surface area (Å²) in [6, 6.07) is 11.5. The number of amides is 2. The number of carbonyl (C=O) groups is 2. The number of fused-ring (bicyclic) bond motifs is 2. The fraction of sp³-hybridized carbons (Fsp3) is 0.389. The number of piperidine rings is 1. The van der Waals surface area contributed by atoms with Crippen molar-refractivity contribution in [2.75, 3.05) is 25.0 Å². The zero-order valence-electron chi connectivity index (χ0n) is 26.0. The van der Waals surface area contributed by atoms with Crippen molar-refractivity contribution in [3.8, 4) is 11.8 Å². The summed E-state index contributed by atoms with van der Waals surface area (Å²) >= 11 is 1.35. The van der Waals surface area contributed by atoms with Crippen molar-refractivity contribution in [3.63, 3.8) is 0 Å². The second-order valence-corrected chi connectivity index (χ2v) is 13.3. The lowest BCUT2D eigenvalue weighted by atomic mass is 9.97. The van der Waals surface area contributed by atoms with Crippen molar-refractivity contribution in [2.45, 2.75) is 64.7 Å². The second-order valence-electron chi connectivity index (χ2n) is 12.4. The van der Waals surface area contributed by atoms with Crippen LogP contribution >= 0.6 is 11.3 Å². The van der Waals surface area contributed by atoms with E-state index >= 15 is 0 Å². The van der Waals surface area contributed by atoms with Crippen LogP contribution in [0.15, 0.2) is 54.3 Å². The van der Waals surface area contributed by atoms with E-state index in [9.17, 15) is 14.7 Å². The molecule has 2 aromatic carbocycles. The van der Waals surface area contributed by atoms with Crippen LogP contribution < -0.4 is 5.32 Å². The number of anilines is 1. The minimum Gasteiger partial charge on any atom is -0.396 e. The highest BCUT2D eigenvalue weighted by Crippen LogP contribution is 2.37. The molecule has 10 heteroatoms. The Kier molecular flexibility index (Phi) is 8.71. The minimum atomic E-state index is -0.864. The van der Waals surface area contributed by atoms with Gasteiger partial charge in [-0.3, -0.25) is 19.8 Å². The van der Waals surface area contributed by atoms with Gasteiger partial charge in [-0.1, -0.05) is 30.9 Å². The molecule has 2 aromatic heterocycles. The summed E-state index contributed by atoms with van der Waals surface area (Å²) in [6.45, 7) is 6.51. The van der Waals surface area contributed by atoms with Gasteiger partial charge in [0.1, 0.15) is 0 Å². The SMILES string of the molecule is CCc1cc(C#Cc2ccc(CN3CCC(CO)CC3)cc2)cc2c1CN(C(C(=O)Nc1nccs1)c1ncn3c1CCC3)C2=O. The standard InChI is InChI=1S/C36H38N6O3S/c1-2-28-18-27(10-7-24-5-8-25(9-6-24)20-40-15-11-26(22-43)12-16-40)19-29-30(28)21-42(35(29)45)33(34(44)39-36-37-13-17-46-36)32-31-4-3-14-41(31)23-38-32/h5-6,8-9,13,17-19,23,26,33,43H,2-4,11-12,14-16,20-22H2,1H3,(H,37,39,44). The van der Waals surface area contributed by atoms with Gasteiger partial charge in [-0.15, -0.1) is 11.3 Å². The molecule has 236 valence electrons. The molecule has 3 aliphatic rings. The number of aliphatic hydroxyl groups excluding tert-OH is 1. The zero-order valence-corrected chi connectivity index (χ0v) is 26.9. The number of hydrogen-bond acceptors (Lipinski definition) is 7. The van der Waals surface area contributed by atoms with Gasteiger partial charge in [0.15, 0.2) is 11.2 Å². The topological polar surface area (TPSA) is 104 Å². The first-order chi connectivity index (χ1) is 22.5. The highest BCUT2D eigenvalue weighted by atomic mass is 32.1.